The fraction of sp³-hybridized carbons (Fsp3) is 0.133. The summed E-state index contributed by atoms with van der Waals surface area (Å²) < 4.78 is 5.94. The van der Waals surface area contributed by atoms with Gasteiger partial charge in [-0.1, -0.05) is 23.7 Å². The molecule has 5 heteroatoms. The lowest BCUT2D eigenvalue weighted by Gasteiger charge is -2.09. The van der Waals surface area contributed by atoms with Crippen LogP contribution in [-0.2, 0) is 11.2 Å². The Kier molecular flexibility index (Phi) is 5.04. The van der Waals surface area contributed by atoms with Crippen molar-refractivity contribution in [1.82, 2.24) is 0 Å². The third-order valence-corrected chi connectivity index (χ3v) is 3.67. The monoisotopic (exact) mass is 353 g/mol. The molecule has 1 N–H and O–H groups in total. The van der Waals surface area contributed by atoms with E-state index < -0.39 is 0 Å². The van der Waals surface area contributed by atoms with Crippen molar-refractivity contribution < 1.29 is 9.53 Å². The van der Waals surface area contributed by atoms with Crippen LogP contribution in [0.5, 0.6) is 5.75 Å². The summed E-state index contributed by atoms with van der Waals surface area (Å²) in [6.07, 6.45) is 0.292. The maximum atomic E-state index is 12.0. The topological polar surface area (TPSA) is 38.3 Å². The molecule has 0 aromatic heterocycles. The maximum Gasteiger partial charge on any atom is 0.228 e. The molecular formula is C15H13BrClNO2. The third-order valence-electron chi connectivity index (χ3n) is 2.73. The Bertz CT molecular complexity index is 614. The molecule has 0 aliphatic heterocycles. The highest BCUT2D eigenvalue weighted by atomic mass is 79.9. The van der Waals surface area contributed by atoms with Crippen molar-refractivity contribution in [2.45, 2.75) is 6.42 Å². The van der Waals surface area contributed by atoms with Gasteiger partial charge in [-0.15, -0.1) is 0 Å². The zero-order chi connectivity index (χ0) is 14.5. The predicted octanol–water partition coefficient (Wildman–Crippen LogP) is 4.29. The maximum absolute atomic E-state index is 12.0. The molecule has 104 valence electrons. The Morgan fingerprint density at radius 1 is 1.25 bits per heavy atom. The molecule has 2 aromatic rings. The van der Waals surface area contributed by atoms with Crippen molar-refractivity contribution in [3.63, 3.8) is 0 Å². The predicted molar refractivity (Wildman–Crippen MR) is 84.5 cm³/mol. The SMILES string of the molecule is COc1ccc(Br)c(NC(=O)Cc2ccc(Cl)cc2)c1. The summed E-state index contributed by atoms with van der Waals surface area (Å²) >= 11 is 9.21. The zero-order valence-electron chi connectivity index (χ0n) is 10.8. The van der Waals surface area contributed by atoms with E-state index >= 15 is 0 Å². The number of carbonyl (C=O) groups is 1. The second kappa shape index (κ2) is 6.77. The molecule has 3 nitrogen and oxygen atoms in total. The standard InChI is InChI=1S/C15H13BrClNO2/c1-20-12-6-7-13(16)14(9-12)18-15(19)8-10-2-4-11(17)5-3-10/h2-7,9H,8H2,1H3,(H,18,19). The molecule has 0 bridgehead atoms. The number of hydrogen-bond donors (Lipinski definition) is 1. The Morgan fingerprint density at radius 3 is 2.60 bits per heavy atom. The van der Waals surface area contributed by atoms with Crippen LogP contribution in [0.1, 0.15) is 5.56 Å². The zero-order valence-corrected chi connectivity index (χ0v) is 13.2. The number of amides is 1. The Hall–Kier alpha value is -1.52. The number of anilines is 1. The summed E-state index contributed by atoms with van der Waals surface area (Å²) in [5.74, 6) is 0.594. The van der Waals surface area contributed by atoms with Gasteiger partial charge in [-0.25, -0.2) is 0 Å². The minimum absolute atomic E-state index is 0.0960. The second-order valence-electron chi connectivity index (χ2n) is 4.20. The van der Waals surface area contributed by atoms with E-state index in [1.54, 1.807) is 25.3 Å². The number of nitrogens with one attached hydrogen (secondary N) is 1. The molecule has 2 rings (SSSR count). The fourth-order valence-electron chi connectivity index (χ4n) is 1.71. The van der Waals surface area contributed by atoms with Gasteiger partial charge in [0.1, 0.15) is 5.75 Å². The first-order valence-electron chi connectivity index (χ1n) is 5.96. The van der Waals surface area contributed by atoms with E-state index in [1.807, 2.05) is 24.3 Å². The van der Waals surface area contributed by atoms with E-state index in [0.29, 0.717) is 22.9 Å². The van der Waals surface area contributed by atoms with Gasteiger partial charge in [-0.2, -0.15) is 0 Å². The highest BCUT2D eigenvalue weighted by Gasteiger charge is 2.08. The van der Waals surface area contributed by atoms with E-state index in [1.165, 1.54) is 0 Å². The molecule has 2 aromatic carbocycles. The van der Waals surface area contributed by atoms with Gasteiger partial charge < -0.3 is 10.1 Å². The number of benzene rings is 2. The molecule has 20 heavy (non-hydrogen) atoms. The largest absolute Gasteiger partial charge is 0.497 e. The molecule has 0 atom stereocenters. The Labute approximate surface area is 131 Å². The Morgan fingerprint density at radius 2 is 1.95 bits per heavy atom. The lowest BCUT2D eigenvalue weighted by Crippen LogP contribution is -2.14. The van der Waals surface area contributed by atoms with Crippen LogP contribution in [0.25, 0.3) is 0 Å². The van der Waals surface area contributed by atoms with Gasteiger partial charge in [0.15, 0.2) is 0 Å². The van der Waals surface area contributed by atoms with Gasteiger partial charge in [0, 0.05) is 15.6 Å². The van der Waals surface area contributed by atoms with Crippen LogP contribution < -0.4 is 10.1 Å². The van der Waals surface area contributed by atoms with Gasteiger partial charge in [0.2, 0.25) is 5.91 Å². The smallest absolute Gasteiger partial charge is 0.228 e. The van der Waals surface area contributed by atoms with Crippen LogP contribution >= 0.6 is 27.5 Å². The van der Waals surface area contributed by atoms with Crippen LogP contribution in [0.2, 0.25) is 5.02 Å². The molecule has 0 spiro atoms. The van der Waals surface area contributed by atoms with Crippen molar-refractivity contribution in [2.24, 2.45) is 0 Å². The molecule has 0 aliphatic rings. The molecule has 0 aliphatic carbocycles. The molecule has 0 radical (unpaired) electrons. The molecule has 0 saturated carbocycles. The summed E-state index contributed by atoms with van der Waals surface area (Å²) in [6, 6.07) is 12.6. The van der Waals surface area contributed by atoms with E-state index in [-0.39, 0.29) is 5.91 Å². The van der Waals surface area contributed by atoms with Crippen LogP contribution in [-0.4, -0.2) is 13.0 Å². The number of hydrogen-bond acceptors (Lipinski definition) is 2. The lowest BCUT2D eigenvalue weighted by molar-refractivity contribution is -0.115. The van der Waals surface area contributed by atoms with E-state index in [0.717, 1.165) is 10.0 Å². The van der Waals surface area contributed by atoms with E-state index in [2.05, 4.69) is 21.2 Å². The van der Waals surface area contributed by atoms with Crippen LogP contribution in [0.15, 0.2) is 46.9 Å². The third kappa shape index (κ3) is 3.99. The molecule has 1 amide bonds. The number of ether oxygens (including phenoxy) is 1. The average Bonchev–Trinajstić information content (AvgIpc) is 2.44. The summed E-state index contributed by atoms with van der Waals surface area (Å²) in [4.78, 5) is 12.0. The van der Waals surface area contributed by atoms with Gasteiger partial charge in [-0.3, -0.25) is 4.79 Å². The van der Waals surface area contributed by atoms with Crippen molar-refractivity contribution >= 4 is 39.1 Å². The van der Waals surface area contributed by atoms with Crippen molar-refractivity contribution in [3.8, 4) is 5.75 Å². The highest BCUT2D eigenvalue weighted by Crippen LogP contribution is 2.27. The minimum Gasteiger partial charge on any atom is -0.497 e. The highest BCUT2D eigenvalue weighted by molar-refractivity contribution is 9.10. The fourth-order valence-corrected chi connectivity index (χ4v) is 2.18. The number of rotatable bonds is 4. The minimum atomic E-state index is -0.0960. The summed E-state index contributed by atoms with van der Waals surface area (Å²) in [5, 5.41) is 3.51. The van der Waals surface area contributed by atoms with E-state index in [9.17, 15) is 4.79 Å². The van der Waals surface area contributed by atoms with Gasteiger partial charge in [0.25, 0.3) is 0 Å². The van der Waals surface area contributed by atoms with Crippen LogP contribution in [0.4, 0.5) is 5.69 Å². The first kappa shape index (κ1) is 14.9. The summed E-state index contributed by atoms with van der Waals surface area (Å²) in [7, 11) is 1.59. The van der Waals surface area contributed by atoms with Crippen molar-refractivity contribution in [1.29, 1.82) is 0 Å². The first-order valence-corrected chi connectivity index (χ1v) is 7.13. The average molecular weight is 355 g/mol. The van der Waals surface area contributed by atoms with Gasteiger partial charge in [0.05, 0.1) is 19.2 Å². The van der Waals surface area contributed by atoms with Crippen molar-refractivity contribution in [3.05, 3.63) is 57.5 Å². The Balaban J connectivity index is 2.06. The molecule has 0 saturated heterocycles. The van der Waals surface area contributed by atoms with Gasteiger partial charge in [-0.05, 0) is 45.8 Å². The number of methoxy groups -OCH3 is 1. The van der Waals surface area contributed by atoms with Crippen LogP contribution in [0.3, 0.4) is 0 Å². The normalized spacial score (nSPS) is 10.2. The summed E-state index contributed by atoms with van der Waals surface area (Å²) in [5.41, 5.74) is 1.59. The second-order valence-corrected chi connectivity index (χ2v) is 5.49. The molecule has 0 heterocycles. The number of carbonyl (C=O) groups excluding carboxylic acids is 1. The summed E-state index contributed by atoms with van der Waals surface area (Å²) in [6.45, 7) is 0. The van der Waals surface area contributed by atoms with Crippen LogP contribution in [0, 0.1) is 0 Å². The van der Waals surface area contributed by atoms with Crippen molar-refractivity contribution in [2.75, 3.05) is 12.4 Å². The quantitative estimate of drug-likeness (QED) is 0.889. The molecule has 0 fully saturated rings. The number of halogens is 2. The molecular weight excluding hydrogens is 342 g/mol. The van der Waals surface area contributed by atoms with Gasteiger partial charge >= 0.3 is 0 Å². The first-order chi connectivity index (χ1) is 9.58. The molecule has 0 unspecified atom stereocenters. The van der Waals surface area contributed by atoms with E-state index in [4.69, 9.17) is 16.3 Å². The lowest BCUT2D eigenvalue weighted by atomic mass is 10.1.